The number of rotatable bonds is 4. The second-order valence-corrected chi connectivity index (χ2v) is 3.13. The Labute approximate surface area is 84.3 Å². The van der Waals surface area contributed by atoms with Crippen LogP contribution in [0.5, 0.6) is 0 Å². The lowest BCUT2D eigenvalue weighted by atomic mass is 9.97. The van der Waals surface area contributed by atoms with Crippen molar-refractivity contribution in [3.8, 4) is 0 Å². The first-order valence-electron chi connectivity index (χ1n) is 4.21. The van der Waals surface area contributed by atoms with E-state index in [1.165, 1.54) is 24.3 Å². The largest absolute Gasteiger partial charge is 0.479 e. The first-order chi connectivity index (χ1) is 6.97. The second kappa shape index (κ2) is 4.33. The summed E-state index contributed by atoms with van der Waals surface area (Å²) in [6.45, 7) is 0. The van der Waals surface area contributed by atoms with Crippen LogP contribution >= 0.6 is 0 Å². The van der Waals surface area contributed by atoms with Crippen LogP contribution in [0.15, 0.2) is 30.3 Å². The molecule has 82 valence electrons. The first-order valence-corrected chi connectivity index (χ1v) is 4.21. The molecule has 2 nitrogen and oxygen atoms in total. The predicted molar refractivity (Wildman–Crippen MR) is 47.6 cm³/mol. The molecule has 0 radical (unpaired) electrons. The average Bonchev–Trinajstić information content (AvgIpc) is 2.18. The van der Waals surface area contributed by atoms with Gasteiger partial charge in [-0.2, -0.15) is 0 Å². The molecular formula is C10H9F3O2. The number of carboxylic acids is 1. The van der Waals surface area contributed by atoms with Gasteiger partial charge in [-0.1, -0.05) is 30.3 Å². The molecule has 0 aliphatic heterocycles. The molecule has 0 fully saturated rings. The summed E-state index contributed by atoms with van der Waals surface area (Å²) < 4.78 is 37.9. The van der Waals surface area contributed by atoms with Crippen molar-refractivity contribution < 1.29 is 23.1 Å². The fraction of sp³-hybridized carbons (Fsp3) is 0.300. The van der Waals surface area contributed by atoms with Gasteiger partial charge in [-0.25, -0.2) is 18.0 Å². The van der Waals surface area contributed by atoms with Crippen LogP contribution in [0, 0.1) is 0 Å². The lowest BCUT2D eigenvalue weighted by Crippen LogP contribution is -2.43. The summed E-state index contributed by atoms with van der Waals surface area (Å²) in [6.07, 6.45) is -4.38. The summed E-state index contributed by atoms with van der Waals surface area (Å²) in [5.41, 5.74) is -3.29. The molecule has 1 atom stereocenters. The van der Waals surface area contributed by atoms with Crippen molar-refractivity contribution in [3.63, 3.8) is 0 Å². The van der Waals surface area contributed by atoms with E-state index < -0.39 is 24.5 Å². The second-order valence-electron chi connectivity index (χ2n) is 3.13. The molecule has 0 saturated heterocycles. The Kier molecular flexibility index (Phi) is 3.34. The third-order valence-electron chi connectivity index (χ3n) is 2.01. The van der Waals surface area contributed by atoms with Crippen LogP contribution in [-0.4, -0.2) is 23.2 Å². The van der Waals surface area contributed by atoms with Crippen molar-refractivity contribution >= 4 is 5.97 Å². The van der Waals surface area contributed by atoms with Crippen molar-refractivity contribution in [2.45, 2.75) is 18.5 Å². The standard InChI is InChI=1S/C10H9F3O2/c11-8(12)10(13,9(14)15)6-7-4-2-1-3-5-7/h1-5,8H,6H2,(H,14,15). The van der Waals surface area contributed by atoms with E-state index in [2.05, 4.69) is 0 Å². The molecular weight excluding hydrogens is 209 g/mol. The normalized spacial score (nSPS) is 14.9. The summed E-state index contributed by atoms with van der Waals surface area (Å²) in [4.78, 5) is 10.4. The van der Waals surface area contributed by atoms with Crippen molar-refractivity contribution in [1.82, 2.24) is 0 Å². The van der Waals surface area contributed by atoms with E-state index in [1.807, 2.05) is 0 Å². The number of halogens is 3. The number of carboxylic acid groups (broad SMARTS) is 1. The van der Waals surface area contributed by atoms with Crippen molar-refractivity contribution in [3.05, 3.63) is 35.9 Å². The highest BCUT2D eigenvalue weighted by Crippen LogP contribution is 2.26. The highest BCUT2D eigenvalue weighted by molar-refractivity contribution is 5.78. The van der Waals surface area contributed by atoms with Crippen LogP contribution < -0.4 is 0 Å². The smallest absolute Gasteiger partial charge is 0.347 e. The van der Waals surface area contributed by atoms with E-state index in [1.54, 1.807) is 6.07 Å². The Bertz CT molecular complexity index is 340. The van der Waals surface area contributed by atoms with Crippen LogP contribution in [0.2, 0.25) is 0 Å². The topological polar surface area (TPSA) is 37.3 Å². The predicted octanol–water partition coefficient (Wildman–Crippen LogP) is 2.29. The molecule has 0 spiro atoms. The lowest BCUT2D eigenvalue weighted by molar-refractivity contribution is -0.162. The Hall–Kier alpha value is -1.52. The Morgan fingerprint density at radius 2 is 1.87 bits per heavy atom. The van der Waals surface area contributed by atoms with Gasteiger partial charge in [-0.3, -0.25) is 0 Å². The molecule has 0 bridgehead atoms. The minimum Gasteiger partial charge on any atom is -0.479 e. The van der Waals surface area contributed by atoms with Gasteiger partial charge < -0.3 is 5.11 Å². The number of carbonyl (C=O) groups is 1. The van der Waals surface area contributed by atoms with Gasteiger partial charge in [-0.05, 0) is 5.56 Å². The monoisotopic (exact) mass is 218 g/mol. The SMILES string of the molecule is O=C(O)C(F)(Cc1ccccc1)C(F)F. The van der Waals surface area contributed by atoms with Crippen LogP contribution in [-0.2, 0) is 11.2 Å². The van der Waals surface area contributed by atoms with Gasteiger partial charge in [0.05, 0.1) is 0 Å². The van der Waals surface area contributed by atoms with Crippen molar-refractivity contribution in [1.29, 1.82) is 0 Å². The van der Waals surface area contributed by atoms with E-state index in [0.29, 0.717) is 0 Å². The number of aliphatic carboxylic acids is 1. The lowest BCUT2D eigenvalue weighted by Gasteiger charge is -2.19. The summed E-state index contributed by atoms with van der Waals surface area (Å²) in [7, 11) is 0. The molecule has 0 amide bonds. The van der Waals surface area contributed by atoms with E-state index in [0.717, 1.165) is 0 Å². The highest BCUT2D eigenvalue weighted by atomic mass is 19.3. The van der Waals surface area contributed by atoms with Gasteiger partial charge in [-0.15, -0.1) is 0 Å². The van der Waals surface area contributed by atoms with Crippen LogP contribution in [0.25, 0.3) is 0 Å². The summed E-state index contributed by atoms with van der Waals surface area (Å²) >= 11 is 0. The van der Waals surface area contributed by atoms with Crippen LogP contribution in [0.1, 0.15) is 5.56 Å². The molecule has 0 aliphatic rings. The minimum absolute atomic E-state index is 0.225. The molecule has 0 aliphatic carbocycles. The summed E-state index contributed by atoms with van der Waals surface area (Å²) in [5.74, 6) is -2.14. The molecule has 0 heterocycles. The summed E-state index contributed by atoms with van der Waals surface area (Å²) in [5, 5.41) is 8.41. The molecule has 1 aromatic carbocycles. The number of hydrogen-bond donors (Lipinski definition) is 1. The molecule has 1 N–H and O–H groups in total. The van der Waals surface area contributed by atoms with Gasteiger partial charge in [0.2, 0.25) is 0 Å². The molecule has 0 saturated carbocycles. The summed E-state index contributed by atoms with van der Waals surface area (Å²) in [6, 6.07) is 7.50. The van der Waals surface area contributed by atoms with E-state index in [-0.39, 0.29) is 5.56 Å². The van der Waals surface area contributed by atoms with Crippen molar-refractivity contribution in [2.24, 2.45) is 0 Å². The number of hydrogen-bond acceptors (Lipinski definition) is 1. The van der Waals surface area contributed by atoms with E-state index >= 15 is 0 Å². The maximum Gasteiger partial charge on any atom is 0.347 e. The van der Waals surface area contributed by atoms with Gasteiger partial charge in [0.25, 0.3) is 12.1 Å². The zero-order valence-electron chi connectivity index (χ0n) is 7.66. The third-order valence-corrected chi connectivity index (χ3v) is 2.01. The van der Waals surface area contributed by atoms with Crippen LogP contribution in [0.4, 0.5) is 13.2 Å². The zero-order valence-corrected chi connectivity index (χ0v) is 7.66. The average molecular weight is 218 g/mol. The molecule has 1 aromatic rings. The molecule has 0 aromatic heterocycles. The third kappa shape index (κ3) is 2.49. The minimum atomic E-state index is -3.55. The van der Waals surface area contributed by atoms with Crippen LogP contribution in [0.3, 0.4) is 0 Å². The number of benzene rings is 1. The molecule has 1 rings (SSSR count). The zero-order chi connectivity index (χ0) is 11.5. The first kappa shape index (κ1) is 11.6. The highest BCUT2D eigenvalue weighted by Gasteiger charge is 2.48. The molecule has 15 heavy (non-hydrogen) atoms. The maximum absolute atomic E-state index is 13.4. The van der Waals surface area contributed by atoms with Gasteiger partial charge in [0.1, 0.15) is 0 Å². The van der Waals surface area contributed by atoms with Gasteiger partial charge in [0, 0.05) is 6.42 Å². The van der Waals surface area contributed by atoms with E-state index in [9.17, 15) is 18.0 Å². The van der Waals surface area contributed by atoms with E-state index in [4.69, 9.17) is 5.11 Å². The van der Waals surface area contributed by atoms with Gasteiger partial charge >= 0.3 is 5.97 Å². The number of alkyl halides is 3. The van der Waals surface area contributed by atoms with Gasteiger partial charge in [0.15, 0.2) is 0 Å². The molecule has 1 unspecified atom stereocenters. The quantitative estimate of drug-likeness (QED) is 0.841. The fourth-order valence-electron chi connectivity index (χ4n) is 1.14. The Morgan fingerprint density at radius 1 is 1.33 bits per heavy atom. The Morgan fingerprint density at radius 3 is 2.27 bits per heavy atom. The maximum atomic E-state index is 13.4. The Balaban J connectivity index is 2.90. The van der Waals surface area contributed by atoms with Crippen molar-refractivity contribution in [2.75, 3.05) is 0 Å². The fourth-order valence-corrected chi connectivity index (χ4v) is 1.14. The molecule has 5 heteroatoms.